The highest BCUT2D eigenvalue weighted by atomic mass is 32.1. The van der Waals surface area contributed by atoms with Gasteiger partial charge in [-0.25, -0.2) is 4.98 Å². The molecule has 0 bridgehead atoms. The zero-order valence-corrected chi connectivity index (χ0v) is 13.8. The third kappa shape index (κ3) is 2.53. The SMILES string of the molecule is Cc1csc(N2CC=Nc3ccc(-c4cnccc4C)cc32)n1. The van der Waals surface area contributed by atoms with E-state index in [1.54, 1.807) is 11.3 Å². The van der Waals surface area contributed by atoms with Crippen LogP contribution in [0.5, 0.6) is 0 Å². The molecule has 1 aliphatic heterocycles. The normalized spacial score (nSPS) is 13.2. The number of hydrogen-bond acceptors (Lipinski definition) is 5. The van der Waals surface area contributed by atoms with Crippen LogP contribution in [0, 0.1) is 13.8 Å². The number of aromatic nitrogens is 2. The Morgan fingerprint density at radius 3 is 2.87 bits per heavy atom. The number of aliphatic imine (C=N–C) groups is 1. The van der Waals surface area contributed by atoms with E-state index in [1.165, 1.54) is 5.56 Å². The molecule has 1 aliphatic rings. The van der Waals surface area contributed by atoms with Gasteiger partial charge in [0.15, 0.2) is 5.13 Å². The minimum Gasteiger partial charge on any atom is -0.310 e. The van der Waals surface area contributed by atoms with Gasteiger partial charge < -0.3 is 4.90 Å². The van der Waals surface area contributed by atoms with Crippen molar-refractivity contribution in [1.82, 2.24) is 9.97 Å². The standard InChI is InChI=1S/C18H16N4S/c1-12-5-6-19-10-15(12)14-3-4-16-17(9-14)22(8-7-20-16)18-21-13(2)11-23-18/h3-7,9-11H,8H2,1-2H3. The Labute approximate surface area is 139 Å². The quantitative estimate of drug-likeness (QED) is 0.688. The number of aryl methyl sites for hydroxylation is 2. The predicted molar refractivity (Wildman–Crippen MR) is 96.4 cm³/mol. The summed E-state index contributed by atoms with van der Waals surface area (Å²) >= 11 is 1.67. The number of benzene rings is 1. The largest absolute Gasteiger partial charge is 0.310 e. The van der Waals surface area contributed by atoms with Crippen LogP contribution in [0.3, 0.4) is 0 Å². The molecule has 1 aromatic carbocycles. The molecule has 4 nitrogen and oxygen atoms in total. The molecule has 4 rings (SSSR count). The van der Waals surface area contributed by atoms with Crippen LogP contribution in [0.1, 0.15) is 11.3 Å². The molecule has 5 heteroatoms. The van der Waals surface area contributed by atoms with E-state index in [0.29, 0.717) is 0 Å². The first kappa shape index (κ1) is 14.1. The first-order valence-electron chi connectivity index (χ1n) is 7.49. The van der Waals surface area contributed by atoms with Crippen molar-refractivity contribution < 1.29 is 0 Å². The minimum atomic E-state index is 0.745. The van der Waals surface area contributed by atoms with Crippen molar-refractivity contribution in [3.63, 3.8) is 0 Å². The molecule has 114 valence electrons. The first-order valence-corrected chi connectivity index (χ1v) is 8.37. The number of fused-ring (bicyclic) bond motifs is 1. The third-order valence-electron chi connectivity index (χ3n) is 3.95. The molecule has 0 N–H and O–H groups in total. The average molecular weight is 320 g/mol. The number of pyridine rings is 1. The maximum absolute atomic E-state index is 4.62. The molecule has 3 aromatic rings. The van der Waals surface area contributed by atoms with Gasteiger partial charge in [-0.2, -0.15) is 0 Å². The molecule has 0 aliphatic carbocycles. The molecule has 0 unspecified atom stereocenters. The van der Waals surface area contributed by atoms with Crippen LogP contribution in [0.4, 0.5) is 16.5 Å². The van der Waals surface area contributed by atoms with Gasteiger partial charge >= 0.3 is 0 Å². The van der Waals surface area contributed by atoms with Gasteiger partial charge in [-0.3, -0.25) is 9.98 Å². The number of rotatable bonds is 2. The minimum absolute atomic E-state index is 0.745. The van der Waals surface area contributed by atoms with Crippen molar-refractivity contribution in [2.75, 3.05) is 11.4 Å². The smallest absolute Gasteiger partial charge is 0.190 e. The number of nitrogens with zero attached hydrogens (tertiary/aromatic N) is 4. The van der Waals surface area contributed by atoms with Crippen LogP contribution in [0.15, 0.2) is 47.0 Å². The second-order valence-electron chi connectivity index (χ2n) is 5.59. The molecule has 0 radical (unpaired) electrons. The van der Waals surface area contributed by atoms with Crippen molar-refractivity contribution in [2.45, 2.75) is 13.8 Å². The van der Waals surface area contributed by atoms with Crippen molar-refractivity contribution in [3.8, 4) is 11.1 Å². The van der Waals surface area contributed by atoms with Crippen LogP contribution in [0.2, 0.25) is 0 Å². The Morgan fingerprint density at radius 1 is 1.17 bits per heavy atom. The predicted octanol–water partition coefficient (Wildman–Crippen LogP) is 4.68. The first-order chi connectivity index (χ1) is 11.2. The van der Waals surface area contributed by atoms with E-state index in [9.17, 15) is 0 Å². The molecule has 23 heavy (non-hydrogen) atoms. The summed E-state index contributed by atoms with van der Waals surface area (Å²) in [5, 5.41) is 3.09. The van der Waals surface area contributed by atoms with E-state index in [-0.39, 0.29) is 0 Å². The van der Waals surface area contributed by atoms with E-state index >= 15 is 0 Å². The summed E-state index contributed by atoms with van der Waals surface area (Å²) in [5.41, 5.74) is 6.66. The van der Waals surface area contributed by atoms with E-state index in [2.05, 4.69) is 50.4 Å². The van der Waals surface area contributed by atoms with Crippen molar-refractivity contribution in [2.24, 2.45) is 4.99 Å². The Kier molecular flexibility index (Phi) is 3.42. The molecule has 2 aromatic heterocycles. The van der Waals surface area contributed by atoms with Crippen LogP contribution < -0.4 is 4.90 Å². The van der Waals surface area contributed by atoms with Gasteiger partial charge in [-0.05, 0) is 43.2 Å². The molecular formula is C18H16N4S. The summed E-state index contributed by atoms with van der Waals surface area (Å²) in [6.45, 7) is 4.88. The summed E-state index contributed by atoms with van der Waals surface area (Å²) in [6.07, 6.45) is 5.68. The van der Waals surface area contributed by atoms with Crippen LogP contribution in [0.25, 0.3) is 11.1 Å². The highest BCUT2D eigenvalue weighted by Crippen LogP contribution is 2.40. The lowest BCUT2D eigenvalue weighted by Crippen LogP contribution is -2.21. The molecule has 3 heterocycles. The summed E-state index contributed by atoms with van der Waals surface area (Å²) in [7, 11) is 0. The monoisotopic (exact) mass is 320 g/mol. The Hall–Kier alpha value is -2.53. The average Bonchev–Trinajstić information content (AvgIpc) is 3.00. The van der Waals surface area contributed by atoms with Crippen molar-refractivity contribution in [3.05, 3.63) is 53.3 Å². The van der Waals surface area contributed by atoms with Gasteiger partial charge in [0.05, 0.1) is 23.6 Å². The number of hydrogen-bond donors (Lipinski definition) is 0. The topological polar surface area (TPSA) is 41.4 Å². The Balaban J connectivity index is 1.83. The van der Waals surface area contributed by atoms with Crippen LogP contribution >= 0.6 is 11.3 Å². The molecule has 0 spiro atoms. The molecular weight excluding hydrogens is 304 g/mol. The molecule has 0 saturated heterocycles. The molecule has 0 fully saturated rings. The fourth-order valence-corrected chi connectivity index (χ4v) is 3.57. The lowest BCUT2D eigenvalue weighted by Gasteiger charge is -2.25. The fraction of sp³-hybridized carbons (Fsp3) is 0.167. The number of thiazole rings is 1. The second kappa shape index (κ2) is 5.59. The van der Waals surface area contributed by atoms with Crippen molar-refractivity contribution >= 4 is 34.1 Å². The van der Waals surface area contributed by atoms with Gasteiger partial charge in [0.2, 0.25) is 0 Å². The summed E-state index contributed by atoms with van der Waals surface area (Å²) in [4.78, 5) is 15.6. The lowest BCUT2D eigenvalue weighted by atomic mass is 10.0. The zero-order chi connectivity index (χ0) is 15.8. The van der Waals surface area contributed by atoms with Gasteiger partial charge in [0.25, 0.3) is 0 Å². The van der Waals surface area contributed by atoms with Gasteiger partial charge in [0.1, 0.15) is 0 Å². The maximum Gasteiger partial charge on any atom is 0.190 e. The zero-order valence-electron chi connectivity index (χ0n) is 13.0. The summed E-state index contributed by atoms with van der Waals surface area (Å²) in [5.74, 6) is 0. The van der Waals surface area contributed by atoms with E-state index < -0.39 is 0 Å². The molecule has 0 saturated carbocycles. The Bertz CT molecular complexity index is 898. The van der Waals surface area contributed by atoms with E-state index in [0.717, 1.165) is 39.9 Å². The second-order valence-corrected chi connectivity index (χ2v) is 6.42. The third-order valence-corrected chi connectivity index (χ3v) is 4.93. The fourth-order valence-electron chi connectivity index (χ4n) is 2.75. The summed E-state index contributed by atoms with van der Waals surface area (Å²) < 4.78 is 0. The maximum atomic E-state index is 4.62. The van der Waals surface area contributed by atoms with Crippen molar-refractivity contribution in [1.29, 1.82) is 0 Å². The molecule has 0 atom stereocenters. The number of anilines is 2. The lowest BCUT2D eigenvalue weighted by molar-refractivity contribution is 1.08. The van der Waals surface area contributed by atoms with Crippen LogP contribution in [-0.2, 0) is 0 Å². The Morgan fingerprint density at radius 2 is 2.09 bits per heavy atom. The summed E-state index contributed by atoms with van der Waals surface area (Å²) in [6, 6.07) is 8.40. The van der Waals surface area contributed by atoms with Gasteiger partial charge in [-0.1, -0.05) is 6.07 Å². The van der Waals surface area contributed by atoms with Crippen LogP contribution in [-0.4, -0.2) is 22.7 Å². The highest BCUT2D eigenvalue weighted by Gasteiger charge is 2.19. The van der Waals surface area contributed by atoms with E-state index in [4.69, 9.17) is 0 Å². The molecule has 0 amide bonds. The van der Waals surface area contributed by atoms with Gasteiger partial charge in [-0.15, -0.1) is 11.3 Å². The van der Waals surface area contributed by atoms with E-state index in [1.807, 2.05) is 31.6 Å². The van der Waals surface area contributed by atoms with Gasteiger partial charge in [0, 0.05) is 29.6 Å². The highest BCUT2D eigenvalue weighted by molar-refractivity contribution is 7.13.